The average Bonchev–Trinajstić information content (AvgIpc) is 3.03. The second-order valence-corrected chi connectivity index (χ2v) is 6.19. The summed E-state index contributed by atoms with van der Waals surface area (Å²) in [6.07, 6.45) is 4.22. The summed E-state index contributed by atoms with van der Waals surface area (Å²) in [5.41, 5.74) is 6.07. The molecular formula is C15H18N2O4. The van der Waals surface area contributed by atoms with Crippen LogP contribution < -0.4 is 5.73 Å². The van der Waals surface area contributed by atoms with E-state index < -0.39 is 16.8 Å². The predicted octanol–water partition coefficient (Wildman–Crippen LogP) is 2.78. The molecule has 1 aromatic rings. The highest BCUT2D eigenvalue weighted by atomic mass is 16.6. The molecule has 3 N–H and O–H groups in total. The van der Waals surface area contributed by atoms with Gasteiger partial charge in [0.1, 0.15) is 5.69 Å². The van der Waals surface area contributed by atoms with Crippen molar-refractivity contribution in [3.8, 4) is 0 Å². The number of hydrogen-bond acceptors (Lipinski definition) is 4. The van der Waals surface area contributed by atoms with Gasteiger partial charge in [0.15, 0.2) is 0 Å². The number of anilines is 1. The van der Waals surface area contributed by atoms with E-state index in [2.05, 4.69) is 0 Å². The Morgan fingerprint density at radius 2 is 2.14 bits per heavy atom. The van der Waals surface area contributed by atoms with Crippen molar-refractivity contribution in [2.75, 3.05) is 5.73 Å². The summed E-state index contributed by atoms with van der Waals surface area (Å²) in [5.74, 6) is -0.595. The van der Waals surface area contributed by atoms with Gasteiger partial charge < -0.3 is 10.8 Å². The Morgan fingerprint density at radius 3 is 2.67 bits per heavy atom. The minimum atomic E-state index is -0.931. The second kappa shape index (κ2) is 5.02. The van der Waals surface area contributed by atoms with E-state index >= 15 is 0 Å². The van der Waals surface area contributed by atoms with E-state index in [1.54, 1.807) is 6.07 Å². The van der Waals surface area contributed by atoms with E-state index in [-0.39, 0.29) is 17.3 Å². The van der Waals surface area contributed by atoms with Crippen molar-refractivity contribution in [1.29, 1.82) is 0 Å². The average molecular weight is 290 g/mol. The van der Waals surface area contributed by atoms with Crippen molar-refractivity contribution in [2.24, 2.45) is 17.8 Å². The quantitative estimate of drug-likeness (QED) is 0.503. The van der Waals surface area contributed by atoms with Gasteiger partial charge in [-0.2, -0.15) is 0 Å². The van der Waals surface area contributed by atoms with Gasteiger partial charge in [-0.1, -0.05) is 18.6 Å². The maximum atomic E-state index is 11.8. The topological polar surface area (TPSA) is 106 Å². The molecule has 4 unspecified atom stereocenters. The minimum Gasteiger partial charge on any atom is -0.481 e. The van der Waals surface area contributed by atoms with Crippen molar-refractivity contribution >= 4 is 17.3 Å². The number of para-hydroxylation sites is 1. The number of carboxylic acid groups (broad SMARTS) is 1. The van der Waals surface area contributed by atoms with E-state index in [1.165, 1.54) is 18.6 Å². The van der Waals surface area contributed by atoms with Gasteiger partial charge in [0, 0.05) is 6.07 Å². The van der Waals surface area contributed by atoms with Crippen LogP contribution in [0.25, 0.3) is 0 Å². The van der Waals surface area contributed by atoms with Gasteiger partial charge in [-0.15, -0.1) is 0 Å². The molecule has 2 aliphatic rings. The third kappa shape index (κ3) is 2.24. The SMILES string of the molecule is Nc1c(C(C(=O)O)C2CC3CCC2C3)cccc1[N+](=O)[O-]. The summed E-state index contributed by atoms with van der Waals surface area (Å²) in [6, 6.07) is 4.46. The molecule has 1 aromatic carbocycles. The molecule has 2 saturated carbocycles. The van der Waals surface area contributed by atoms with Gasteiger partial charge in [-0.25, -0.2) is 0 Å². The predicted molar refractivity (Wildman–Crippen MR) is 76.8 cm³/mol. The first-order chi connectivity index (χ1) is 9.99. The first kappa shape index (κ1) is 13.9. The lowest BCUT2D eigenvalue weighted by molar-refractivity contribution is -0.384. The molecule has 6 heteroatoms. The highest BCUT2D eigenvalue weighted by molar-refractivity contribution is 5.81. The summed E-state index contributed by atoms with van der Waals surface area (Å²) in [4.78, 5) is 22.2. The monoisotopic (exact) mass is 290 g/mol. The number of hydrogen-bond donors (Lipinski definition) is 2. The molecule has 0 heterocycles. The van der Waals surface area contributed by atoms with Gasteiger partial charge in [-0.3, -0.25) is 14.9 Å². The van der Waals surface area contributed by atoms with Crippen LogP contribution >= 0.6 is 0 Å². The molecule has 2 aliphatic carbocycles. The largest absolute Gasteiger partial charge is 0.481 e. The molecule has 0 saturated heterocycles. The number of fused-ring (bicyclic) bond motifs is 2. The number of nitro groups is 1. The fourth-order valence-electron chi connectivity index (χ4n) is 4.25. The molecule has 21 heavy (non-hydrogen) atoms. The summed E-state index contributed by atoms with van der Waals surface area (Å²) >= 11 is 0. The number of nitrogens with two attached hydrogens (primary N) is 1. The first-order valence-electron chi connectivity index (χ1n) is 7.24. The van der Waals surface area contributed by atoms with Crippen LogP contribution in [0, 0.1) is 27.9 Å². The molecule has 2 fully saturated rings. The van der Waals surface area contributed by atoms with Crippen LogP contribution in [0.2, 0.25) is 0 Å². The Balaban J connectivity index is 2.01. The van der Waals surface area contributed by atoms with Gasteiger partial charge in [0.2, 0.25) is 0 Å². The summed E-state index contributed by atoms with van der Waals surface area (Å²) < 4.78 is 0. The lowest BCUT2D eigenvalue weighted by atomic mass is 9.75. The van der Waals surface area contributed by atoms with Gasteiger partial charge in [-0.05, 0) is 42.6 Å². The first-order valence-corrected chi connectivity index (χ1v) is 7.24. The lowest BCUT2D eigenvalue weighted by Crippen LogP contribution is -2.26. The summed E-state index contributed by atoms with van der Waals surface area (Å²) in [5, 5.41) is 20.6. The van der Waals surface area contributed by atoms with Crippen LogP contribution in [0.1, 0.15) is 37.2 Å². The second-order valence-electron chi connectivity index (χ2n) is 6.19. The molecule has 0 amide bonds. The van der Waals surface area contributed by atoms with Crippen molar-refractivity contribution in [3.63, 3.8) is 0 Å². The smallest absolute Gasteiger partial charge is 0.311 e. The zero-order chi connectivity index (χ0) is 15.1. The maximum Gasteiger partial charge on any atom is 0.311 e. The third-order valence-electron chi connectivity index (χ3n) is 5.14. The van der Waals surface area contributed by atoms with Crippen molar-refractivity contribution in [1.82, 2.24) is 0 Å². The Hall–Kier alpha value is -2.11. The fraction of sp³-hybridized carbons (Fsp3) is 0.533. The Bertz CT molecular complexity index is 601. The van der Waals surface area contributed by atoms with Crippen LogP contribution in [-0.4, -0.2) is 16.0 Å². The van der Waals surface area contributed by atoms with Crippen molar-refractivity contribution in [2.45, 2.75) is 31.6 Å². The number of carbonyl (C=O) groups is 1. The van der Waals surface area contributed by atoms with E-state index in [1.807, 2.05) is 0 Å². The zero-order valence-electron chi connectivity index (χ0n) is 11.6. The maximum absolute atomic E-state index is 11.8. The van der Waals surface area contributed by atoms with Gasteiger partial charge in [0.05, 0.1) is 10.8 Å². The molecule has 0 aliphatic heterocycles. The van der Waals surface area contributed by atoms with Crippen LogP contribution in [0.4, 0.5) is 11.4 Å². The summed E-state index contributed by atoms with van der Waals surface area (Å²) in [7, 11) is 0. The van der Waals surface area contributed by atoms with Crippen molar-refractivity contribution in [3.05, 3.63) is 33.9 Å². The van der Waals surface area contributed by atoms with Crippen LogP contribution in [-0.2, 0) is 4.79 Å². The summed E-state index contributed by atoms with van der Waals surface area (Å²) in [6.45, 7) is 0. The number of carboxylic acids is 1. The molecule has 0 radical (unpaired) electrons. The van der Waals surface area contributed by atoms with Crippen LogP contribution in [0.5, 0.6) is 0 Å². The molecule has 2 bridgehead atoms. The van der Waals surface area contributed by atoms with E-state index in [0.717, 1.165) is 19.3 Å². The Labute approximate surface area is 122 Å². The van der Waals surface area contributed by atoms with Gasteiger partial charge >= 0.3 is 5.97 Å². The highest BCUT2D eigenvalue weighted by Gasteiger charge is 2.46. The molecular weight excluding hydrogens is 272 g/mol. The van der Waals surface area contributed by atoms with E-state index in [4.69, 9.17) is 5.73 Å². The molecule has 4 atom stereocenters. The number of nitrogen functional groups attached to an aromatic ring is 1. The standard InChI is InChI=1S/C15H18N2O4/c16-14-10(2-1-3-12(14)17(20)21)13(15(18)19)11-7-8-4-5-9(11)6-8/h1-3,8-9,11,13H,4-7,16H2,(H,18,19). The number of benzene rings is 1. The number of aliphatic carboxylic acids is 1. The fourth-order valence-corrected chi connectivity index (χ4v) is 4.25. The van der Waals surface area contributed by atoms with E-state index in [0.29, 0.717) is 17.4 Å². The molecule has 0 spiro atoms. The van der Waals surface area contributed by atoms with Crippen LogP contribution in [0.3, 0.4) is 0 Å². The Kier molecular flexibility index (Phi) is 3.31. The molecule has 3 rings (SSSR count). The number of nitrogens with zero attached hydrogens (tertiary/aromatic N) is 1. The lowest BCUT2D eigenvalue weighted by Gasteiger charge is -2.28. The normalized spacial score (nSPS) is 28.5. The minimum absolute atomic E-state index is 0.00215. The Morgan fingerprint density at radius 1 is 1.38 bits per heavy atom. The van der Waals surface area contributed by atoms with Crippen molar-refractivity contribution < 1.29 is 14.8 Å². The van der Waals surface area contributed by atoms with Crippen LogP contribution in [0.15, 0.2) is 18.2 Å². The van der Waals surface area contributed by atoms with E-state index in [9.17, 15) is 20.0 Å². The number of rotatable bonds is 4. The molecule has 6 nitrogen and oxygen atoms in total. The molecule has 112 valence electrons. The number of nitro benzene ring substituents is 1. The highest BCUT2D eigenvalue weighted by Crippen LogP contribution is 2.54. The van der Waals surface area contributed by atoms with Gasteiger partial charge in [0.25, 0.3) is 5.69 Å². The molecule has 0 aromatic heterocycles. The zero-order valence-corrected chi connectivity index (χ0v) is 11.6. The third-order valence-corrected chi connectivity index (χ3v) is 5.14.